The fraction of sp³-hybridized carbons (Fsp3) is 0.650. The van der Waals surface area contributed by atoms with Crippen LogP contribution in [-0.2, 0) is 4.74 Å². The molecule has 0 bridgehead atoms. The molecule has 4 N–H and O–H groups in total. The fourth-order valence-corrected chi connectivity index (χ4v) is 4.06. The van der Waals surface area contributed by atoms with E-state index in [1.165, 1.54) is 13.1 Å². The van der Waals surface area contributed by atoms with E-state index in [1.807, 2.05) is 6.92 Å². The van der Waals surface area contributed by atoms with Crippen molar-refractivity contribution in [1.82, 2.24) is 26.5 Å². The lowest BCUT2D eigenvalue weighted by Gasteiger charge is -2.20. The molecule has 31 heavy (non-hydrogen) atoms. The normalized spacial score (nSPS) is 27.0. The summed E-state index contributed by atoms with van der Waals surface area (Å²) in [7, 11) is 0. The molecule has 172 valence electrons. The number of nitrogens with one attached hydrogen (secondary N) is 4. The van der Waals surface area contributed by atoms with Crippen LogP contribution in [0.4, 0.5) is 18.0 Å². The predicted molar refractivity (Wildman–Crippen MR) is 106 cm³/mol. The highest BCUT2D eigenvalue weighted by atomic mass is 19.4. The van der Waals surface area contributed by atoms with Crippen LogP contribution < -0.4 is 21.5 Å². The monoisotopic (exact) mass is 443 g/mol. The highest BCUT2D eigenvalue weighted by Crippen LogP contribution is 2.33. The van der Waals surface area contributed by atoms with Crippen molar-refractivity contribution in [1.29, 1.82) is 0 Å². The van der Waals surface area contributed by atoms with Gasteiger partial charge in [-0.25, -0.2) is 10.2 Å². The van der Waals surface area contributed by atoms with Gasteiger partial charge in [0.15, 0.2) is 0 Å². The zero-order chi connectivity index (χ0) is 22.6. The largest absolute Gasteiger partial charge is 0.446 e. The van der Waals surface area contributed by atoms with Gasteiger partial charge in [-0.15, -0.1) is 0 Å². The molecule has 1 saturated carbocycles. The van der Waals surface area contributed by atoms with Crippen molar-refractivity contribution in [2.75, 3.05) is 0 Å². The molecule has 5 atom stereocenters. The number of carbonyl (C=O) groups is 2. The molecule has 0 radical (unpaired) electrons. The van der Waals surface area contributed by atoms with Crippen LogP contribution in [-0.4, -0.2) is 47.5 Å². The molecule has 1 saturated heterocycles. The van der Waals surface area contributed by atoms with Crippen molar-refractivity contribution < 1.29 is 27.5 Å². The minimum atomic E-state index is -4.34. The molecule has 2 heterocycles. The summed E-state index contributed by atoms with van der Waals surface area (Å²) in [5.41, 5.74) is 7.57. The van der Waals surface area contributed by atoms with Gasteiger partial charge in [-0.2, -0.15) is 13.2 Å². The maximum Gasteiger partial charge on any atom is 0.407 e. The molecule has 0 aromatic carbocycles. The number of ether oxygens (including phenoxy) is 1. The summed E-state index contributed by atoms with van der Waals surface area (Å²) in [5, 5.41) is 5.15. The van der Waals surface area contributed by atoms with Crippen LogP contribution in [0.3, 0.4) is 0 Å². The Balaban J connectivity index is 1.40. The average molecular weight is 443 g/mol. The number of hydrogen-bond acceptors (Lipinski definition) is 6. The molecule has 1 aliphatic carbocycles. The highest BCUT2D eigenvalue weighted by Gasteiger charge is 2.37. The molecule has 2 amide bonds. The van der Waals surface area contributed by atoms with E-state index in [0.29, 0.717) is 24.8 Å². The van der Waals surface area contributed by atoms with Crippen LogP contribution in [0.15, 0.2) is 18.3 Å². The van der Waals surface area contributed by atoms with Crippen LogP contribution in [0.5, 0.6) is 0 Å². The number of aryl methyl sites for hydroxylation is 1. The number of alkyl carbamates (subject to hydrolysis) is 1. The predicted octanol–water partition coefficient (Wildman–Crippen LogP) is 2.55. The summed E-state index contributed by atoms with van der Waals surface area (Å²) in [5.74, 6) is 0.00516. The Hall–Kier alpha value is -2.40. The molecular formula is C20H28F3N5O3. The number of hydrogen-bond donors (Lipinski definition) is 4. The number of rotatable bonds is 6. The summed E-state index contributed by atoms with van der Waals surface area (Å²) in [6, 6.07) is 2.54. The first kappa shape index (κ1) is 23.3. The molecule has 2 fully saturated rings. The minimum Gasteiger partial charge on any atom is -0.446 e. The van der Waals surface area contributed by atoms with E-state index in [-0.39, 0.29) is 30.1 Å². The number of pyridine rings is 1. The molecule has 8 nitrogen and oxygen atoms in total. The van der Waals surface area contributed by atoms with Gasteiger partial charge in [0.25, 0.3) is 5.91 Å². The smallest absolute Gasteiger partial charge is 0.407 e. The molecule has 1 aromatic rings. The van der Waals surface area contributed by atoms with E-state index < -0.39 is 24.7 Å². The number of carbonyl (C=O) groups excluding carboxylic acids is 2. The standard InChI is InChI=1S/C20H28F3N5O3/c1-11-3-4-14(10-24-11)18(29)26-17-8-16(27-28-17)13-5-6-15(7-13)31-19(30)25-12(2)9-20(21,22)23/h3-4,10,12-13,15-17,27-28H,5-9H2,1-2H3,(H,25,30)(H,26,29)/t12?,13-,15+,16?,17?/m0/s1. The van der Waals surface area contributed by atoms with E-state index in [1.54, 1.807) is 12.1 Å². The summed E-state index contributed by atoms with van der Waals surface area (Å²) in [6.45, 7) is 3.14. The molecule has 3 rings (SSSR count). The van der Waals surface area contributed by atoms with Gasteiger partial charge >= 0.3 is 12.3 Å². The van der Waals surface area contributed by atoms with E-state index in [4.69, 9.17) is 4.74 Å². The lowest BCUT2D eigenvalue weighted by atomic mass is 9.96. The third kappa shape index (κ3) is 7.06. The Bertz CT molecular complexity index is 774. The first-order chi connectivity index (χ1) is 14.6. The molecule has 3 unspecified atom stereocenters. The average Bonchev–Trinajstić information content (AvgIpc) is 3.29. The second kappa shape index (κ2) is 9.82. The maximum atomic E-state index is 12.4. The molecular weight excluding hydrogens is 415 g/mol. The SMILES string of the molecule is Cc1ccc(C(=O)NC2CC([C@H]3CC[C@@H](OC(=O)NC(C)CC(F)(F)F)C3)NN2)cn1. The Labute approximate surface area is 178 Å². The Morgan fingerprint density at radius 3 is 2.71 bits per heavy atom. The summed E-state index contributed by atoms with van der Waals surface area (Å²) < 4.78 is 42.4. The van der Waals surface area contributed by atoms with Gasteiger partial charge in [0.2, 0.25) is 0 Å². The van der Waals surface area contributed by atoms with Gasteiger partial charge in [0, 0.05) is 24.0 Å². The number of hydrazine groups is 1. The Morgan fingerprint density at radius 1 is 1.26 bits per heavy atom. The van der Waals surface area contributed by atoms with Gasteiger partial charge < -0.3 is 15.4 Å². The number of aromatic nitrogens is 1. The number of alkyl halides is 3. The zero-order valence-corrected chi connectivity index (χ0v) is 17.5. The molecule has 11 heteroatoms. The van der Waals surface area contributed by atoms with E-state index in [2.05, 4.69) is 26.5 Å². The van der Waals surface area contributed by atoms with E-state index >= 15 is 0 Å². The van der Waals surface area contributed by atoms with Gasteiger partial charge in [-0.1, -0.05) is 0 Å². The van der Waals surface area contributed by atoms with Crippen LogP contribution in [0.2, 0.25) is 0 Å². The van der Waals surface area contributed by atoms with Gasteiger partial charge in [0.05, 0.1) is 18.2 Å². The highest BCUT2D eigenvalue weighted by molar-refractivity contribution is 5.94. The molecule has 1 aliphatic heterocycles. The topological polar surface area (TPSA) is 104 Å². The Morgan fingerprint density at radius 2 is 2.03 bits per heavy atom. The minimum absolute atomic E-state index is 0.0854. The van der Waals surface area contributed by atoms with Crippen molar-refractivity contribution in [2.45, 2.75) is 76.5 Å². The van der Waals surface area contributed by atoms with Gasteiger partial charge in [-0.3, -0.25) is 15.2 Å². The lowest BCUT2D eigenvalue weighted by Crippen LogP contribution is -2.44. The molecule has 2 aliphatic rings. The third-order valence-electron chi connectivity index (χ3n) is 5.58. The summed E-state index contributed by atoms with van der Waals surface area (Å²) in [4.78, 5) is 28.3. The van der Waals surface area contributed by atoms with Crippen LogP contribution >= 0.6 is 0 Å². The van der Waals surface area contributed by atoms with Crippen molar-refractivity contribution in [3.05, 3.63) is 29.6 Å². The molecule has 1 aromatic heterocycles. The first-order valence-electron chi connectivity index (χ1n) is 10.4. The van der Waals surface area contributed by atoms with E-state index in [9.17, 15) is 22.8 Å². The van der Waals surface area contributed by atoms with Crippen LogP contribution in [0.1, 0.15) is 55.1 Å². The van der Waals surface area contributed by atoms with Crippen molar-refractivity contribution in [3.8, 4) is 0 Å². The van der Waals surface area contributed by atoms with E-state index in [0.717, 1.165) is 12.1 Å². The second-order valence-electron chi connectivity index (χ2n) is 8.31. The number of amides is 2. The number of halogens is 3. The number of nitrogens with zero attached hydrogens (tertiary/aromatic N) is 1. The zero-order valence-electron chi connectivity index (χ0n) is 17.5. The van der Waals surface area contributed by atoms with Crippen molar-refractivity contribution in [2.24, 2.45) is 5.92 Å². The summed E-state index contributed by atoms with van der Waals surface area (Å²) >= 11 is 0. The van der Waals surface area contributed by atoms with Crippen molar-refractivity contribution >= 4 is 12.0 Å². The van der Waals surface area contributed by atoms with Gasteiger partial charge in [-0.05, 0) is 57.6 Å². The van der Waals surface area contributed by atoms with Crippen molar-refractivity contribution in [3.63, 3.8) is 0 Å². The van der Waals surface area contributed by atoms with Gasteiger partial charge in [0.1, 0.15) is 6.10 Å². The third-order valence-corrected chi connectivity index (χ3v) is 5.58. The first-order valence-corrected chi connectivity index (χ1v) is 10.4. The van der Waals surface area contributed by atoms with Crippen LogP contribution in [0.25, 0.3) is 0 Å². The lowest BCUT2D eigenvalue weighted by molar-refractivity contribution is -0.138. The Kier molecular flexibility index (Phi) is 7.37. The molecule has 0 spiro atoms. The fourth-order valence-electron chi connectivity index (χ4n) is 4.06. The quantitative estimate of drug-likeness (QED) is 0.539. The summed E-state index contributed by atoms with van der Waals surface area (Å²) in [6.07, 6.45) is -2.57. The maximum absolute atomic E-state index is 12.4. The second-order valence-corrected chi connectivity index (χ2v) is 8.31. The van der Waals surface area contributed by atoms with Crippen LogP contribution in [0, 0.1) is 12.8 Å².